The molecule has 0 saturated heterocycles. The van der Waals surface area contributed by atoms with E-state index >= 15 is 0 Å². The van der Waals surface area contributed by atoms with Gasteiger partial charge < -0.3 is 15.4 Å². The minimum absolute atomic E-state index is 0.280. The van der Waals surface area contributed by atoms with E-state index in [-0.39, 0.29) is 12.0 Å². The van der Waals surface area contributed by atoms with Crippen molar-refractivity contribution in [3.63, 3.8) is 0 Å². The molecule has 2 amide bonds. The molecule has 2 N–H and O–H groups in total. The average Bonchev–Trinajstić information content (AvgIpc) is 2.39. The lowest BCUT2D eigenvalue weighted by molar-refractivity contribution is -0.140. The van der Waals surface area contributed by atoms with Gasteiger partial charge in [0, 0.05) is 12.1 Å². The summed E-state index contributed by atoms with van der Waals surface area (Å²) in [5.74, 6) is -0.363. The van der Waals surface area contributed by atoms with Crippen molar-refractivity contribution in [3.8, 4) is 0 Å². The molecule has 0 saturated carbocycles. The Balaban J connectivity index is 2.07. The Kier molecular flexibility index (Phi) is 2.51. The van der Waals surface area contributed by atoms with Crippen LogP contribution in [0.2, 0.25) is 0 Å². The second-order valence-corrected chi connectivity index (χ2v) is 4.22. The predicted molar refractivity (Wildman–Crippen MR) is 63.5 cm³/mol. The van der Waals surface area contributed by atoms with Gasteiger partial charge in [0.1, 0.15) is 0 Å². The summed E-state index contributed by atoms with van der Waals surface area (Å²) in [7, 11) is 0. The van der Waals surface area contributed by atoms with Gasteiger partial charge >= 0.3 is 12.0 Å². The van der Waals surface area contributed by atoms with Crippen LogP contribution in [-0.2, 0) is 9.53 Å². The number of carbonyl (C=O) groups is 2. The van der Waals surface area contributed by atoms with Gasteiger partial charge in [0.25, 0.3) is 0 Å². The predicted octanol–water partition coefficient (Wildman–Crippen LogP) is 1.24. The Hall–Kier alpha value is -2.30. The number of ether oxygens (including phenoxy) is 1. The number of hydrogen-bond donors (Lipinski definition) is 2. The molecule has 2 aliphatic rings. The highest BCUT2D eigenvalue weighted by atomic mass is 16.5. The highest BCUT2D eigenvalue weighted by Gasteiger charge is 2.35. The van der Waals surface area contributed by atoms with Crippen LogP contribution in [0.5, 0.6) is 0 Å². The molecule has 0 fully saturated rings. The fourth-order valence-corrected chi connectivity index (χ4v) is 2.28. The maximum Gasteiger partial charge on any atom is 0.338 e. The topological polar surface area (TPSA) is 67.4 Å². The lowest BCUT2D eigenvalue weighted by Gasteiger charge is -2.31. The van der Waals surface area contributed by atoms with E-state index in [0.29, 0.717) is 24.3 Å². The third kappa shape index (κ3) is 1.73. The molecule has 18 heavy (non-hydrogen) atoms. The number of hydrogen-bond acceptors (Lipinski definition) is 3. The molecule has 1 aromatic carbocycles. The van der Waals surface area contributed by atoms with Gasteiger partial charge in [-0.15, -0.1) is 0 Å². The quantitative estimate of drug-likeness (QED) is 0.730. The largest absolute Gasteiger partial charge is 0.462 e. The van der Waals surface area contributed by atoms with Gasteiger partial charge in [-0.2, -0.15) is 0 Å². The summed E-state index contributed by atoms with van der Waals surface area (Å²) in [5.41, 5.74) is 2.05. The first-order valence-corrected chi connectivity index (χ1v) is 5.78. The molecule has 0 bridgehead atoms. The molecule has 1 atom stereocenters. The molecule has 0 spiro atoms. The van der Waals surface area contributed by atoms with Crippen LogP contribution >= 0.6 is 0 Å². The molecule has 92 valence electrons. The second kappa shape index (κ2) is 4.18. The Morgan fingerprint density at radius 3 is 2.72 bits per heavy atom. The summed E-state index contributed by atoms with van der Waals surface area (Å²) in [6.07, 6.45) is 0.553. The van der Waals surface area contributed by atoms with Gasteiger partial charge in [-0.25, -0.2) is 9.59 Å². The van der Waals surface area contributed by atoms with E-state index in [1.807, 2.05) is 30.3 Å². The van der Waals surface area contributed by atoms with Crippen LogP contribution in [0.4, 0.5) is 4.79 Å². The Morgan fingerprint density at radius 2 is 1.94 bits per heavy atom. The van der Waals surface area contributed by atoms with Crippen molar-refractivity contribution in [3.05, 3.63) is 47.2 Å². The van der Waals surface area contributed by atoms with Crippen LogP contribution in [0.3, 0.4) is 0 Å². The number of nitrogens with one attached hydrogen (secondary N) is 2. The first-order chi connectivity index (χ1) is 8.75. The van der Waals surface area contributed by atoms with E-state index < -0.39 is 6.04 Å². The standard InChI is InChI=1S/C13H12N2O3/c16-12-10-9(6-7-18-12)14-13(17)15-11(10)8-4-2-1-3-5-8/h1-5,11H,6-7H2,(H2,14,15,17). The molecule has 5 heteroatoms. The molecule has 2 heterocycles. The van der Waals surface area contributed by atoms with E-state index in [9.17, 15) is 9.59 Å². The van der Waals surface area contributed by atoms with Crippen molar-refractivity contribution in [2.24, 2.45) is 0 Å². The van der Waals surface area contributed by atoms with Gasteiger partial charge in [0.15, 0.2) is 0 Å². The van der Waals surface area contributed by atoms with Crippen LogP contribution in [0.25, 0.3) is 0 Å². The van der Waals surface area contributed by atoms with E-state index in [2.05, 4.69) is 10.6 Å². The fraction of sp³-hybridized carbons (Fsp3) is 0.231. The van der Waals surface area contributed by atoms with E-state index in [0.717, 1.165) is 5.56 Å². The lowest BCUT2D eigenvalue weighted by Crippen LogP contribution is -2.47. The van der Waals surface area contributed by atoms with Crippen molar-refractivity contribution >= 4 is 12.0 Å². The smallest absolute Gasteiger partial charge is 0.338 e. The number of rotatable bonds is 1. The Morgan fingerprint density at radius 1 is 1.17 bits per heavy atom. The van der Waals surface area contributed by atoms with Crippen molar-refractivity contribution in [2.75, 3.05) is 6.61 Å². The normalized spacial score (nSPS) is 22.8. The van der Waals surface area contributed by atoms with Gasteiger partial charge in [-0.05, 0) is 5.56 Å². The zero-order valence-electron chi connectivity index (χ0n) is 9.60. The van der Waals surface area contributed by atoms with E-state index in [4.69, 9.17) is 4.74 Å². The average molecular weight is 244 g/mol. The third-order valence-corrected chi connectivity index (χ3v) is 3.09. The number of carbonyl (C=O) groups excluding carboxylic acids is 2. The molecule has 5 nitrogen and oxygen atoms in total. The Bertz CT molecular complexity index is 536. The van der Waals surface area contributed by atoms with Crippen LogP contribution in [0.15, 0.2) is 41.6 Å². The zero-order chi connectivity index (χ0) is 12.5. The van der Waals surface area contributed by atoms with Gasteiger partial charge in [0.05, 0.1) is 18.2 Å². The maximum absolute atomic E-state index is 11.8. The van der Waals surface area contributed by atoms with Gasteiger partial charge in [0.2, 0.25) is 0 Å². The number of esters is 1. The van der Waals surface area contributed by atoms with Crippen LogP contribution in [-0.4, -0.2) is 18.6 Å². The second-order valence-electron chi connectivity index (χ2n) is 4.22. The summed E-state index contributed by atoms with van der Waals surface area (Å²) in [6, 6.07) is 8.68. The minimum atomic E-state index is -0.428. The van der Waals surface area contributed by atoms with Crippen LogP contribution in [0, 0.1) is 0 Å². The summed E-state index contributed by atoms with van der Waals surface area (Å²) in [4.78, 5) is 23.4. The highest BCUT2D eigenvalue weighted by Crippen LogP contribution is 2.30. The molecule has 0 aliphatic carbocycles. The summed E-state index contributed by atoms with van der Waals surface area (Å²) in [6.45, 7) is 0.319. The van der Waals surface area contributed by atoms with Crippen molar-refractivity contribution in [1.82, 2.24) is 10.6 Å². The van der Waals surface area contributed by atoms with Gasteiger partial charge in [-0.3, -0.25) is 0 Å². The molecular formula is C13H12N2O3. The number of amides is 2. The third-order valence-electron chi connectivity index (χ3n) is 3.09. The molecule has 2 aliphatic heterocycles. The maximum atomic E-state index is 11.8. The first kappa shape index (κ1) is 10.8. The molecule has 3 rings (SSSR count). The van der Waals surface area contributed by atoms with Crippen LogP contribution in [0.1, 0.15) is 18.0 Å². The highest BCUT2D eigenvalue weighted by molar-refractivity contribution is 5.95. The van der Waals surface area contributed by atoms with Crippen LogP contribution < -0.4 is 10.6 Å². The summed E-state index contributed by atoms with van der Waals surface area (Å²) in [5, 5.41) is 5.43. The van der Waals surface area contributed by atoms with Crippen molar-refractivity contribution < 1.29 is 14.3 Å². The Labute approximate surface area is 104 Å². The molecule has 1 aromatic rings. The molecule has 0 radical (unpaired) electrons. The minimum Gasteiger partial charge on any atom is -0.462 e. The monoisotopic (exact) mass is 244 g/mol. The first-order valence-electron chi connectivity index (χ1n) is 5.78. The number of benzene rings is 1. The van der Waals surface area contributed by atoms with E-state index in [1.165, 1.54) is 0 Å². The lowest BCUT2D eigenvalue weighted by atomic mass is 9.93. The van der Waals surface area contributed by atoms with Gasteiger partial charge in [-0.1, -0.05) is 30.3 Å². The number of cyclic esters (lactones) is 1. The number of urea groups is 1. The zero-order valence-corrected chi connectivity index (χ0v) is 9.60. The summed E-state index contributed by atoms with van der Waals surface area (Å²) < 4.78 is 5.05. The van der Waals surface area contributed by atoms with Crippen molar-refractivity contribution in [1.29, 1.82) is 0 Å². The molecular weight excluding hydrogens is 232 g/mol. The SMILES string of the molecule is O=C1NC2=C(C(=O)OCC2)C(c2ccccc2)N1. The molecule has 1 unspecified atom stereocenters. The summed E-state index contributed by atoms with van der Waals surface area (Å²) >= 11 is 0. The molecule has 0 aromatic heterocycles. The fourth-order valence-electron chi connectivity index (χ4n) is 2.28. The van der Waals surface area contributed by atoms with Crippen molar-refractivity contribution in [2.45, 2.75) is 12.5 Å². The van der Waals surface area contributed by atoms with E-state index in [1.54, 1.807) is 0 Å².